The molecular weight excluding hydrogens is 440 g/mol. The van der Waals surface area contributed by atoms with E-state index in [9.17, 15) is 13.2 Å². The van der Waals surface area contributed by atoms with Crippen LogP contribution in [0.3, 0.4) is 0 Å². The summed E-state index contributed by atoms with van der Waals surface area (Å²) in [5.74, 6) is 0.414. The predicted molar refractivity (Wildman–Crippen MR) is 129 cm³/mol. The van der Waals surface area contributed by atoms with Crippen molar-refractivity contribution in [2.45, 2.75) is 11.3 Å². The van der Waals surface area contributed by atoms with Gasteiger partial charge in [-0.05, 0) is 48.5 Å². The molecule has 0 heterocycles. The number of sulfonamides is 1. The maximum Gasteiger partial charge on any atom is 0.248 e. The first-order valence-electron chi connectivity index (χ1n) is 10.3. The molecule has 0 radical (unpaired) electrons. The molecule has 0 fully saturated rings. The van der Waals surface area contributed by atoms with Crippen molar-refractivity contribution in [3.8, 4) is 11.5 Å². The summed E-state index contributed by atoms with van der Waals surface area (Å²) in [5, 5.41) is 2.80. The Morgan fingerprint density at radius 1 is 0.970 bits per heavy atom. The Morgan fingerprint density at radius 3 is 2.42 bits per heavy atom. The van der Waals surface area contributed by atoms with E-state index in [1.165, 1.54) is 44.0 Å². The molecule has 0 aromatic heterocycles. The van der Waals surface area contributed by atoms with Crippen LogP contribution in [-0.2, 0) is 21.2 Å². The predicted octanol–water partition coefficient (Wildman–Crippen LogP) is 3.88. The Bertz CT molecular complexity index is 1220. The molecule has 3 aromatic rings. The van der Waals surface area contributed by atoms with Crippen LogP contribution >= 0.6 is 0 Å². The van der Waals surface area contributed by atoms with Gasteiger partial charge in [-0.15, -0.1) is 0 Å². The normalized spacial score (nSPS) is 11.3. The maximum atomic E-state index is 12.5. The summed E-state index contributed by atoms with van der Waals surface area (Å²) >= 11 is 0. The highest BCUT2D eigenvalue weighted by molar-refractivity contribution is 7.89. The Balaban J connectivity index is 1.67. The summed E-state index contributed by atoms with van der Waals surface area (Å²) in [6, 6.07) is 21.8. The van der Waals surface area contributed by atoms with Crippen molar-refractivity contribution in [3.05, 3.63) is 90.0 Å². The average molecular weight is 467 g/mol. The third-order valence-electron chi connectivity index (χ3n) is 4.81. The molecule has 0 saturated carbocycles. The average Bonchev–Trinajstić information content (AvgIpc) is 2.84. The van der Waals surface area contributed by atoms with Crippen molar-refractivity contribution in [2.24, 2.45) is 0 Å². The molecule has 0 unspecified atom stereocenters. The van der Waals surface area contributed by atoms with Gasteiger partial charge >= 0.3 is 0 Å². The van der Waals surface area contributed by atoms with Crippen LogP contribution < -0.4 is 19.5 Å². The number of carbonyl (C=O) groups is 1. The molecule has 0 spiro atoms. The van der Waals surface area contributed by atoms with Gasteiger partial charge in [-0.2, -0.15) is 0 Å². The Hall–Kier alpha value is -3.62. The Labute approximate surface area is 194 Å². The topological polar surface area (TPSA) is 93.7 Å². The second kappa shape index (κ2) is 11.3. The van der Waals surface area contributed by atoms with Crippen LogP contribution in [0.2, 0.25) is 0 Å². The molecule has 0 aliphatic rings. The molecule has 3 rings (SSSR count). The second-order valence-electron chi connectivity index (χ2n) is 7.02. The zero-order valence-electron chi connectivity index (χ0n) is 18.4. The lowest BCUT2D eigenvalue weighted by molar-refractivity contribution is -0.111. The van der Waals surface area contributed by atoms with Crippen LogP contribution in [0.5, 0.6) is 11.5 Å². The minimum absolute atomic E-state index is 0.00720. The first kappa shape index (κ1) is 24.0. The molecule has 3 aromatic carbocycles. The number of amides is 1. The molecule has 0 aliphatic heterocycles. The number of hydrogen-bond acceptors (Lipinski definition) is 5. The zero-order chi connectivity index (χ0) is 23.7. The Kier molecular flexibility index (Phi) is 8.23. The lowest BCUT2D eigenvalue weighted by Gasteiger charge is -2.12. The van der Waals surface area contributed by atoms with E-state index >= 15 is 0 Å². The summed E-state index contributed by atoms with van der Waals surface area (Å²) in [6.45, 7) is 0.474. The van der Waals surface area contributed by atoms with Crippen LogP contribution in [-0.4, -0.2) is 35.1 Å². The van der Waals surface area contributed by atoms with Crippen molar-refractivity contribution in [1.82, 2.24) is 4.72 Å². The molecule has 0 aliphatic carbocycles. The molecule has 33 heavy (non-hydrogen) atoms. The van der Waals surface area contributed by atoms with Crippen LogP contribution in [0, 0.1) is 0 Å². The van der Waals surface area contributed by atoms with E-state index in [0.29, 0.717) is 23.6 Å². The van der Waals surface area contributed by atoms with E-state index in [2.05, 4.69) is 10.0 Å². The summed E-state index contributed by atoms with van der Waals surface area (Å²) in [6.07, 6.45) is 3.61. The van der Waals surface area contributed by atoms with Gasteiger partial charge in [0.1, 0.15) is 16.4 Å². The van der Waals surface area contributed by atoms with Gasteiger partial charge in [0.15, 0.2) is 0 Å². The first-order chi connectivity index (χ1) is 15.9. The monoisotopic (exact) mass is 466 g/mol. The highest BCUT2D eigenvalue weighted by atomic mass is 32.2. The lowest BCUT2D eigenvalue weighted by atomic mass is 10.2. The van der Waals surface area contributed by atoms with Gasteiger partial charge in [-0.25, -0.2) is 13.1 Å². The number of para-hydroxylation sites is 2. The van der Waals surface area contributed by atoms with Gasteiger partial charge in [0, 0.05) is 12.5 Å². The van der Waals surface area contributed by atoms with Gasteiger partial charge in [0.2, 0.25) is 15.9 Å². The van der Waals surface area contributed by atoms with Gasteiger partial charge in [0.05, 0.1) is 19.4 Å². The lowest BCUT2D eigenvalue weighted by Crippen LogP contribution is -2.19. The van der Waals surface area contributed by atoms with Crippen LogP contribution in [0.25, 0.3) is 6.08 Å². The van der Waals surface area contributed by atoms with Crippen molar-refractivity contribution in [2.75, 3.05) is 26.1 Å². The number of carbonyl (C=O) groups excluding carboxylic acids is 1. The van der Waals surface area contributed by atoms with Crippen molar-refractivity contribution in [3.63, 3.8) is 0 Å². The van der Waals surface area contributed by atoms with Gasteiger partial charge in [-0.1, -0.05) is 48.5 Å². The number of ether oxygens (including phenoxy) is 2. The van der Waals surface area contributed by atoms with Gasteiger partial charge in [-0.3, -0.25) is 4.79 Å². The molecule has 0 atom stereocenters. The van der Waals surface area contributed by atoms with E-state index in [4.69, 9.17) is 9.47 Å². The standard InChI is InChI=1S/C25H26N2O5S/c1-26-33(29,30)24-18-20(12-14-23(24)31-2)13-15-25(28)27-21-10-6-7-11-22(21)32-17-16-19-8-4-3-5-9-19/h3-15,18,26H,16-17H2,1-2H3,(H,27,28)/b15-13+. The van der Waals surface area contributed by atoms with E-state index in [1.54, 1.807) is 18.2 Å². The molecule has 7 nitrogen and oxygen atoms in total. The first-order valence-corrected chi connectivity index (χ1v) is 11.8. The van der Waals surface area contributed by atoms with E-state index in [0.717, 1.165) is 6.42 Å². The summed E-state index contributed by atoms with van der Waals surface area (Å²) in [7, 11) is -0.992. The fourth-order valence-electron chi connectivity index (χ4n) is 3.08. The second-order valence-corrected chi connectivity index (χ2v) is 8.88. The van der Waals surface area contributed by atoms with E-state index in [1.807, 2.05) is 42.5 Å². The summed E-state index contributed by atoms with van der Waals surface area (Å²) in [5.41, 5.74) is 2.25. The van der Waals surface area contributed by atoms with Gasteiger partial charge in [0.25, 0.3) is 0 Å². The number of nitrogens with one attached hydrogen (secondary N) is 2. The molecule has 8 heteroatoms. The number of methoxy groups -OCH3 is 1. The fraction of sp³-hybridized carbons (Fsp3) is 0.160. The minimum atomic E-state index is -3.71. The molecule has 1 amide bonds. The fourth-order valence-corrected chi connectivity index (χ4v) is 4.01. The molecular formula is C25H26N2O5S. The highest BCUT2D eigenvalue weighted by Crippen LogP contribution is 2.26. The van der Waals surface area contributed by atoms with Gasteiger partial charge < -0.3 is 14.8 Å². The third kappa shape index (κ3) is 6.68. The zero-order valence-corrected chi connectivity index (χ0v) is 19.3. The minimum Gasteiger partial charge on any atom is -0.495 e. The molecule has 0 bridgehead atoms. The summed E-state index contributed by atoms with van der Waals surface area (Å²) < 4.78 is 37.7. The number of hydrogen-bond donors (Lipinski definition) is 2. The third-order valence-corrected chi connectivity index (χ3v) is 6.24. The van der Waals surface area contributed by atoms with Crippen LogP contribution in [0.1, 0.15) is 11.1 Å². The van der Waals surface area contributed by atoms with Crippen molar-refractivity contribution < 1.29 is 22.7 Å². The number of anilines is 1. The summed E-state index contributed by atoms with van der Waals surface area (Å²) in [4.78, 5) is 12.5. The molecule has 2 N–H and O–H groups in total. The Morgan fingerprint density at radius 2 is 1.70 bits per heavy atom. The quantitative estimate of drug-likeness (QED) is 0.443. The van der Waals surface area contributed by atoms with Crippen LogP contribution in [0.4, 0.5) is 5.69 Å². The highest BCUT2D eigenvalue weighted by Gasteiger charge is 2.17. The van der Waals surface area contributed by atoms with E-state index < -0.39 is 10.0 Å². The van der Waals surface area contributed by atoms with Crippen LogP contribution in [0.15, 0.2) is 83.8 Å². The smallest absolute Gasteiger partial charge is 0.248 e. The number of rotatable bonds is 10. The van der Waals surface area contributed by atoms with E-state index in [-0.39, 0.29) is 16.6 Å². The maximum absolute atomic E-state index is 12.5. The van der Waals surface area contributed by atoms with Crippen molar-refractivity contribution >= 4 is 27.7 Å². The number of benzene rings is 3. The largest absolute Gasteiger partial charge is 0.495 e. The SMILES string of the molecule is CNS(=O)(=O)c1cc(/C=C/C(=O)Nc2ccccc2OCCc2ccccc2)ccc1OC. The molecule has 0 saturated heterocycles. The molecule has 172 valence electrons. The van der Waals surface area contributed by atoms with Crippen molar-refractivity contribution in [1.29, 1.82) is 0 Å².